The molecule has 1 rings (SSSR count). The third-order valence-electron chi connectivity index (χ3n) is 1.19. The standard InChI is InChI=1S/C7H5Cl2NO.C2H6/c1-4(11)5-2-3-6(8)10-7(5)9;1-2/h2-3H,1H3;1-2H3. The molecule has 0 fully saturated rings. The Morgan fingerprint density at radius 1 is 1.31 bits per heavy atom. The predicted molar refractivity (Wildman–Crippen MR) is 55.6 cm³/mol. The first-order valence-corrected chi connectivity index (χ1v) is 4.70. The minimum atomic E-state index is -0.112. The van der Waals surface area contributed by atoms with Crippen LogP contribution in [0.4, 0.5) is 0 Å². The molecule has 1 aromatic rings. The highest BCUT2D eigenvalue weighted by Crippen LogP contribution is 2.16. The Kier molecular flexibility index (Phi) is 5.67. The molecular weight excluding hydrogens is 209 g/mol. The lowest BCUT2D eigenvalue weighted by atomic mass is 10.2. The van der Waals surface area contributed by atoms with Crippen LogP contribution in [0.15, 0.2) is 12.1 Å². The molecule has 4 heteroatoms. The first-order valence-electron chi connectivity index (χ1n) is 3.94. The lowest BCUT2D eigenvalue weighted by molar-refractivity contribution is 0.101. The third-order valence-corrected chi connectivity index (χ3v) is 1.69. The minimum Gasteiger partial charge on any atom is -0.294 e. The van der Waals surface area contributed by atoms with E-state index in [1.165, 1.54) is 13.0 Å². The number of hydrogen-bond acceptors (Lipinski definition) is 2. The van der Waals surface area contributed by atoms with Gasteiger partial charge in [0, 0.05) is 0 Å². The van der Waals surface area contributed by atoms with Gasteiger partial charge in [-0.1, -0.05) is 37.0 Å². The topological polar surface area (TPSA) is 30.0 Å². The molecule has 1 aromatic heterocycles. The Balaban J connectivity index is 0.000000671. The molecule has 0 amide bonds. The summed E-state index contributed by atoms with van der Waals surface area (Å²) in [6.07, 6.45) is 0. The van der Waals surface area contributed by atoms with Gasteiger partial charge in [-0.2, -0.15) is 0 Å². The van der Waals surface area contributed by atoms with Crippen molar-refractivity contribution in [2.75, 3.05) is 0 Å². The van der Waals surface area contributed by atoms with E-state index in [0.29, 0.717) is 10.7 Å². The highest BCUT2D eigenvalue weighted by Gasteiger charge is 2.05. The molecule has 72 valence electrons. The second kappa shape index (κ2) is 5.95. The SMILES string of the molecule is CC.CC(=O)c1ccc(Cl)nc1Cl. The highest BCUT2D eigenvalue weighted by molar-refractivity contribution is 6.34. The summed E-state index contributed by atoms with van der Waals surface area (Å²) in [5.41, 5.74) is 0.399. The van der Waals surface area contributed by atoms with Gasteiger partial charge in [0.25, 0.3) is 0 Å². The largest absolute Gasteiger partial charge is 0.294 e. The van der Waals surface area contributed by atoms with Gasteiger partial charge in [0.05, 0.1) is 5.56 Å². The van der Waals surface area contributed by atoms with E-state index >= 15 is 0 Å². The van der Waals surface area contributed by atoms with Crippen molar-refractivity contribution < 1.29 is 4.79 Å². The van der Waals surface area contributed by atoms with Crippen LogP contribution in [0, 0.1) is 0 Å². The number of aromatic nitrogens is 1. The summed E-state index contributed by atoms with van der Waals surface area (Å²) in [7, 11) is 0. The Labute approximate surface area is 87.9 Å². The molecule has 0 spiro atoms. The maximum atomic E-state index is 10.8. The van der Waals surface area contributed by atoms with Gasteiger partial charge in [-0.15, -0.1) is 0 Å². The molecule has 1 heterocycles. The van der Waals surface area contributed by atoms with Crippen LogP contribution in [0.2, 0.25) is 10.3 Å². The number of nitrogens with zero attached hydrogens (tertiary/aromatic N) is 1. The van der Waals surface area contributed by atoms with E-state index in [1.807, 2.05) is 13.8 Å². The van der Waals surface area contributed by atoms with Crippen LogP contribution in [0.25, 0.3) is 0 Å². The molecule has 0 saturated carbocycles. The van der Waals surface area contributed by atoms with Gasteiger partial charge in [-0.3, -0.25) is 4.79 Å². The van der Waals surface area contributed by atoms with Gasteiger partial charge in [0.1, 0.15) is 10.3 Å². The van der Waals surface area contributed by atoms with E-state index in [9.17, 15) is 4.79 Å². The van der Waals surface area contributed by atoms with Crippen molar-refractivity contribution in [3.8, 4) is 0 Å². The summed E-state index contributed by atoms with van der Waals surface area (Å²) >= 11 is 11.1. The number of hydrogen-bond donors (Lipinski definition) is 0. The molecule has 0 atom stereocenters. The number of rotatable bonds is 1. The van der Waals surface area contributed by atoms with Gasteiger partial charge in [0.2, 0.25) is 0 Å². The molecule has 0 radical (unpaired) electrons. The van der Waals surface area contributed by atoms with Gasteiger partial charge < -0.3 is 0 Å². The van der Waals surface area contributed by atoms with Gasteiger partial charge in [-0.25, -0.2) is 4.98 Å². The quantitative estimate of drug-likeness (QED) is 0.534. The van der Waals surface area contributed by atoms with Crippen LogP contribution in [0.5, 0.6) is 0 Å². The van der Waals surface area contributed by atoms with Gasteiger partial charge in [-0.05, 0) is 19.1 Å². The lowest BCUT2D eigenvalue weighted by Crippen LogP contribution is -1.94. The molecule has 0 N–H and O–H groups in total. The average Bonchev–Trinajstić information content (AvgIpc) is 2.07. The number of carbonyl (C=O) groups is 1. The van der Waals surface area contributed by atoms with E-state index in [4.69, 9.17) is 23.2 Å². The Morgan fingerprint density at radius 2 is 1.85 bits per heavy atom. The zero-order valence-electron chi connectivity index (χ0n) is 7.77. The molecule has 0 bridgehead atoms. The number of carbonyl (C=O) groups excluding carboxylic acids is 1. The maximum absolute atomic E-state index is 10.8. The number of Topliss-reactive ketones (excluding diaryl/α,β-unsaturated/α-hetero) is 1. The van der Waals surface area contributed by atoms with Crippen molar-refractivity contribution in [1.29, 1.82) is 0 Å². The third kappa shape index (κ3) is 3.75. The fraction of sp³-hybridized carbons (Fsp3) is 0.333. The number of pyridine rings is 1. The van der Waals surface area contributed by atoms with Crippen molar-refractivity contribution in [2.24, 2.45) is 0 Å². The summed E-state index contributed by atoms with van der Waals surface area (Å²) in [6.45, 7) is 5.43. The van der Waals surface area contributed by atoms with Crippen molar-refractivity contribution in [2.45, 2.75) is 20.8 Å². The zero-order valence-corrected chi connectivity index (χ0v) is 9.28. The van der Waals surface area contributed by atoms with Gasteiger partial charge in [0.15, 0.2) is 5.78 Å². The molecular formula is C9H11Cl2NO. The van der Waals surface area contributed by atoms with Gasteiger partial charge >= 0.3 is 0 Å². The smallest absolute Gasteiger partial charge is 0.162 e. The molecule has 0 unspecified atom stereocenters. The average molecular weight is 220 g/mol. The van der Waals surface area contributed by atoms with Crippen LogP contribution in [0.1, 0.15) is 31.1 Å². The van der Waals surface area contributed by atoms with E-state index in [0.717, 1.165) is 0 Å². The summed E-state index contributed by atoms with van der Waals surface area (Å²) < 4.78 is 0. The first kappa shape index (κ1) is 12.4. The molecule has 0 aliphatic carbocycles. The van der Waals surface area contributed by atoms with E-state index in [1.54, 1.807) is 6.07 Å². The van der Waals surface area contributed by atoms with Crippen LogP contribution >= 0.6 is 23.2 Å². The second-order valence-electron chi connectivity index (χ2n) is 2.03. The monoisotopic (exact) mass is 219 g/mol. The molecule has 0 aliphatic heterocycles. The number of ketones is 1. The molecule has 2 nitrogen and oxygen atoms in total. The van der Waals surface area contributed by atoms with Crippen LogP contribution in [0.3, 0.4) is 0 Å². The molecule has 13 heavy (non-hydrogen) atoms. The van der Waals surface area contributed by atoms with E-state index in [-0.39, 0.29) is 10.9 Å². The Bertz CT molecular complexity index is 300. The Hall–Kier alpha value is -0.600. The Morgan fingerprint density at radius 3 is 2.23 bits per heavy atom. The summed E-state index contributed by atoms with van der Waals surface area (Å²) in [5, 5.41) is 0.449. The van der Waals surface area contributed by atoms with Crippen LogP contribution in [-0.2, 0) is 0 Å². The van der Waals surface area contributed by atoms with Crippen molar-refractivity contribution in [3.63, 3.8) is 0 Å². The molecule has 0 aliphatic rings. The fourth-order valence-electron chi connectivity index (χ4n) is 0.675. The normalized spacial score (nSPS) is 8.69. The zero-order chi connectivity index (χ0) is 10.4. The molecule has 0 saturated heterocycles. The summed E-state index contributed by atoms with van der Waals surface area (Å²) in [5.74, 6) is -0.112. The second-order valence-corrected chi connectivity index (χ2v) is 2.77. The van der Waals surface area contributed by atoms with E-state index < -0.39 is 0 Å². The summed E-state index contributed by atoms with van der Waals surface area (Å²) in [4.78, 5) is 14.5. The number of halogens is 2. The van der Waals surface area contributed by atoms with Crippen LogP contribution < -0.4 is 0 Å². The summed E-state index contributed by atoms with van der Waals surface area (Å²) in [6, 6.07) is 3.09. The fourth-order valence-corrected chi connectivity index (χ4v) is 1.15. The predicted octanol–water partition coefficient (Wildman–Crippen LogP) is 3.62. The van der Waals surface area contributed by atoms with E-state index in [2.05, 4.69) is 4.98 Å². The van der Waals surface area contributed by atoms with Crippen LogP contribution in [-0.4, -0.2) is 10.8 Å². The van der Waals surface area contributed by atoms with Crippen molar-refractivity contribution in [3.05, 3.63) is 28.0 Å². The van der Waals surface area contributed by atoms with Crippen molar-refractivity contribution >= 4 is 29.0 Å². The first-order chi connectivity index (χ1) is 6.11. The van der Waals surface area contributed by atoms with Crippen molar-refractivity contribution in [1.82, 2.24) is 4.98 Å². The highest BCUT2D eigenvalue weighted by atomic mass is 35.5. The lowest BCUT2D eigenvalue weighted by Gasteiger charge is -1.97. The maximum Gasteiger partial charge on any atom is 0.162 e. The minimum absolute atomic E-state index is 0.112. The molecule has 0 aromatic carbocycles.